The van der Waals surface area contributed by atoms with Crippen LogP contribution in [0.3, 0.4) is 0 Å². The molecule has 2 rings (SSSR count). The summed E-state index contributed by atoms with van der Waals surface area (Å²) in [5.74, 6) is 0.959. The molecular weight excluding hydrogens is 337 g/mol. The molecule has 25 heavy (non-hydrogen) atoms. The summed E-state index contributed by atoms with van der Waals surface area (Å²) in [6.07, 6.45) is 3.43. The number of unbranched alkanes of at least 4 members (excludes halogenated alkanes) is 1. The normalized spacial score (nSPS) is 11.8. The molecular formula is C19H22FN3OS. The van der Waals surface area contributed by atoms with Crippen LogP contribution in [0.15, 0.2) is 58.7 Å². The lowest BCUT2D eigenvalue weighted by molar-refractivity contribution is 0.308. The van der Waals surface area contributed by atoms with E-state index in [2.05, 4.69) is 17.1 Å². The zero-order valence-electron chi connectivity index (χ0n) is 14.2. The quantitative estimate of drug-likeness (QED) is 0.325. The summed E-state index contributed by atoms with van der Waals surface area (Å²) in [4.78, 5) is 0. The van der Waals surface area contributed by atoms with Crippen LogP contribution in [0.4, 0.5) is 4.39 Å². The topological polar surface area (TPSA) is 60.0 Å². The van der Waals surface area contributed by atoms with Crippen molar-refractivity contribution in [3.05, 3.63) is 65.5 Å². The predicted octanol–water partition coefficient (Wildman–Crippen LogP) is 4.59. The Kier molecular flexibility index (Phi) is 7.98. The van der Waals surface area contributed by atoms with Crippen LogP contribution >= 0.6 is 11.8 Å². The number of nitrogens with two attached hydrogens (primary N) is 1. The number of ether oxygens (including phenoxy) is 1. The Morgan fingerprint density at radius 3 is 2.80 bits per heavy atom. The Balaban J connectivity index is 1.96. The van der Waals surface area contributed by atoms with E-state index in [-0.39, 0.29) is 5.82 Å². The van der Waals surface area contributed by atoms with E-state index in [0.717, 1.165) is 24.2 Å². The van der Waals surface area contributed by atoms with Crippen molar-refractivity contribution in [3.63, 3.8) is 0 Å². The molecule has 2 aromatic rings. The first-order valence-electron chi connectivity index (χ1n) is 8.14. The molecule has 4 nitrogen and oxygen atoms in total. The lowest BCUT2D eigenvalue weighted by atomic mass is 10.2. The van der Waals surface area contributed by atoms with E-state index in [9.17, 15) is 4.39 Å². The van der Waals surface area contributed by atoms with E-state index in [1.165, 1.54) is 30.1 Å². The number of thioether (sulfide) groups is 1. The third kappa shape index (κ3) is 6.97. The van der Waals surface area contributed by atoms with Crippen molar-refractivity contribution in [2.75, 3.05) is 6.61 Å². The van der Waals surface area contributed by atoms with Crippen molar-refractivity contribution in [1.82, 2.24) is 0 Å². The summed E-state index contributed by atoms with van der Waals surface area (Å²) >= 11 is 1.40. The van der Waals surface area contributed by atoms with Crippen molar-refractivity contribution in [2.45, 2.75) is 25.5 Å². The van der Waals surface area contributed by atoms with Gasteiger partial charge in [-0.3, -0.25) is 0 Å². The highest BCUT2D eigenvalue weighted by Crippen LogP contribution is 2.18. The highest BCUT2D eigenvalue weighted by Gasteiger charge is 2.03. The highest BCUT2D eigenvalue weighted by molar-refractivity contribution is 8.13. The number of halogens is 1. The van der Waals surface area contributed by atoms with E-state index in [1.807, 2.05) is 30.3 Å². The van der Waals surface area contributed by atoms with Crippen molar-refractivity contribution >= 4 is 23.1 Å². The molecule has 0 atom stereocenters. The number of amidine groups is 1. The van der Waals surface area contributed by atoms with Gasteiger partial charge in [-0.1, -0.05) is 55.4 Å². The summed E-state index contributed by atoms with van der Waals surface area (Å²) < 4.78 is 19.1. The summed E-state index contributed by atoms with van der Waals surface area (Å²) in [6, 6.07) is 14.3. The Bertz CT molecular complexity index is 720. The second-order valence-electron chi connectivity index (χ2n) is 5.34. The summed E-state index contributed by atoms with van der Waals surface area (Å²) in [5, 5.41) is 8.26. The van der Waals surface area contributed by atoms with Crippen LogP contribution in [0.1, 0.15) is 30.9 Å². The molecule has 0 aliphatic heterocycles. The standard InChI is InChI=1S/C19H22FN3OS/c1-2-3-11-24-18-10-9-17(20)12-16(18)13-22-23-19(21)25-14-15-7-5-4-6-8-15/h4-10,12-13H,2-3,11,14H2,1H3,(H2,21,23). The van der Waals surface area contributed by atoms with Gasteiger partial charge in [-0.05, 0) is 30.2 Å². The minimum absolute atomic E-state index is 0.348. The monoisotopic (exact) mass is 359 g/mol. The maximum Gasteiger partial charge on any atom is 0.180 e. The lowest BCUT2D eigenvalue weighted by Crippen LogP contribution is -2.06. The van der Waals surface area contributed by atoms with Gasteiger partial charge in [-0.2, -0.15) is 5.10 Å². The number of hydrogen-bond donors (Lipinski definition) is 1. The van der Waals surface area contributed by atoms with Gasteiger partial charge in [-0.15, -0.1) is 5.10 Å². The van der Waals surface area contributed by atoms with Gasteiger partial charge >= 0.3 is 0 Å². The molecule has 0 aliphatic rings. The predicted molar refractivity (Wildman–Crippen MR) is 104 cm³/mol. The van der Waals surface area contributed by atoms with Gasteiger partial charge in [0.05, 0.1) is 12.8 Å². The summed E-state index contributed by atoms with van der Waals surface area (Å²) in [5.41, 5.74) is 7.55. The third-order valence-corrected chi connectivity index (χ3v) is 4.17. The molecule has 0 amide bonds. The van der Waals surface area contributed by atoms with Crippen molar-refractivity contribution in [1.29, 1.82) is 0 Å². The molecule has 0 radical (unpaired) electrons. The Labute approximate surface area is 152 Å². The minimum atomic E-state index is -0.348. The fourth-order valence-corrected chi connectivity index (χ4v) is 2.60. The third-order valence-electron chi connectivity index (χ3n) is 3.31. The van der Waals surface area contributed by atoms with Crippen LogP contribution in [0.2, 0.25) is 0 Å². The van der Waals surface area contributed by atoms with Crippen LogP contribution < -0.4 is 10.5 Å². The van der Waals surface area contributed by atoms with E-state index in [4.69, 9.17) is 10.5 Å². The van der Waals surface area contributed by atoms with E-state index in [0.29, 0.717) is 23.1 Å². The second-order valence-corrected chi connectivity index (χ2v) is 6.34. The van der Waals surface area contributed by atoms with Crippen molar-refractivity contribution < 1.29 is 9.13 Å². The molecule has 0 fully saturated rings. The molecule has 0 heterocycles. The molecule has 0 aromatic heterocycles. The van der Waals surface area contributed by atoms with E-state index in [1.54, 1.807) is 6.07 Å². The first-order chi connectivity index (χ1) is 12.2. The van der Waals surface area contributed by atoms with Crippen LogP contribution in [0.5, 0.6) is 5.75 Å². The fourth-order valence-electron chi connectivity index (χ4n) is 1.99. The molecule has 0 bridgehead atoms. The molecule has 2 aromatic carbocycles. The molecule has 0 spiro atoms. The van der Waals surface area contributed by atoms with Gasteiger partial charge in [0.15, 0.2) is 5.17 Å². The van der Waals surface area contributed by atoms with Gasteiger partial charge in [0.2, 0.25) is 0 Å². The van der Waals surface area contributed by atoms with Gasteiger partial charge in [0, 0.05) is 11.3 Å². The van der Waals surface area contributed by atoms with Crippen LogP contribution in [0.25, 0.3) is 0 Å². The fraction of sp³-hybridized carbons (Fsp3) is 0.263. The maximum absolute atomic E-state index is 13.4. The minimum Gasteiger partial charge on any atom is -0.493 e. The maximum atomic E-state index is 13.4. The molecule has 2 N–H and O–H groups in total. The Hall–Kier alpha value is -2.34. The molecule has 0 aliphatic carbocycles. The van der Waals surface area contributed by atoms with Crippen molar-refractivity contribution in [3.8, 4) is 5.75 Å². The number of benzene rings is 2. The SMILES string of the molecule is CCCCOc1ccc(F)cc1C=NN=C(N)SCc1ccccc1. The van der Waals surface area contributed by atoms with Crippen LogP contribution in [-0.4, -0.2) is 18.0 Å². The Morgan fingerprint density at radius 2 is 2.04 bits per heavy atom. The van der Waals surface area contributed by atoms with Gasteiger partial charge in [0.1, 0.15) is 11.6 Å². The molecule has 0 saturated heterocycles. The molecule has 6 heteroatoms. The zero-order valence-corrected chi connectivity index (χ0v) is 15.0. The summed E-state index contributed by atoms with van der Waals surface area (Å²) in [7, 11) is 0. The Morgan fingerprint density at radius 1 is 1.24 bits per heavy atom. The average molecular weight is 359 g/mol. The first kappa shape index (κ1) is 19.0. The second kappa shape index (κ2) is 10.5. The van der Waals surface area contributed by atoms with Gasteiger partial charge in [-0.25, -0.2) is 4.39 Å². The number of nitrogens with zero attached hydrogens (tertiary/aromatic N) is 2. The van der Waals surface area contributed by atoms with Crippen molar-refractivity contribution in [2.24, 2.45) is 15.9 Å². The van der Waals surface area contributed by atoms with E-state index < -0.39 is 0 Å². The lowest BCUT2D eigenvalue weighted by Gasteiger charge is -2.08. The average Bonchev–Trinajstić information content (AvgIpc) is 2.63. The van der Waals surface area contributed by atoms with E-state index >= 15 is 0 Å². The molecule has 0 saturated carbocycles. The first-order valence-corrected chi connectivity index (χ1v) is 9.13. The van der Waals surface area contributed by atoms with Crippen LogP contribution in [-0.2, 0) is 5.75 Å². The number of hydrogen-bond acceptors (Lipinski definition) is 4. The largest absolute Gasteiger partial charge is 0.493 e. The highest BCUT2D eigenvalue weighted by atomic mass is 32.2. The molecule has 132 valence electrons. The van der Waals surface area contributed by atoms with Gasteiger partial charge in [0.25, 0.3) is 0 Å². The van der Waals surface area contributed by atoms with Crippen LogP contribution in [0, 0.1) is 5.82 Å². The zero-order chi connectivity index (χ0) is 17.9. The smallest absolute Gasteiger partial charge is 0.180 e. The summed E-state index contributed by atoms with van der Waals surface area (Å²) in [6.45, 7) is 2.67. The van der Waals surface area contributed by atoms with Gasteiger partial charge < -0.3 is 10.5 Å². The number of rotatable bonds is 8. The molecule has 0 unspecified atom stereocenters.